The predicted octanol–water partition coefficient (Wildman–Crippen LogP) is 2.73. The number of para-hydroxylation sites is 1. The Kier molecular flexibility index (Phi) is 3.17. The van der Waals surface area contributed by atoms with Crippen LogP contribution in [0.15, 0.2) is 35.1 Å². The van der Waals surface area contributed by atoms with Crippen LogP contribution in [0.4, 0.5) is 0 Å². The Balaban J connectivity index is 2.07. The lowest BCUT2D eigenvalue weighted by atomic mass is 9.87. The summed E-state index contributed by atoms with van der Waals surface area (Å²) in [7, 11) is 0. The normalized spacial score (nSPS) is 13.5. The molecule has 0 amide bonds. The van der Waals surface area contributed by atoms with Gasteiger partial charge in [0.25, 0.3) is 5.89 Å². The summed E-state index contributed by atoms with van der Waals surface area (Å²) in [6.45, 7) is 6.12. The van der Waals surface area contributed by atoms with Gasteiger partial charge in [0.05, 0.1) is 17.1 Å². The molecule has 2 N–H and O–H groups in total. The molecule has 0 aliphatic carbocycles. The highest BCUT2D eigenvalue weighted by Gasteiger charge is 2.27. The van der Waals surface area contributed by atoms with Gasteiger partial charge >= 0.3 is 0 Å². The topological polar surface area (TPSA) is 90.7 Å². The molecule has 1 atom stereocenters. The lowest BCUT2D eigenvalue weighted by molar-refractivity contribution is 0.303. The van der Waals surface area contributed by atoms with E-state index in [0.717, 1.165) is 16.6 Å². The minimum Gasteiger partial charge on any atom is -0.334 e. The minimum absolute atomic E-state index is 0.139. The van der Waals surface area contributed by atoms with Crippen LogP contribution in [0.25, 0.3) is 22.5 Å². The van der Waals surface area contributed by atoms with Crippen LogP contribution in [-0.4, -0.2) is 20.1 Å². The molecule has 1 unspecified atom stereocenters. The molecule has 2 heterocycles. The van der Waals surface area contributed by atoms with E-state index in [1.165, 1.54) is 0 Å². The van der Waals surface area contributed by atoms with Crippen molar-refractivity contribution in [3.63, 3.8) is 0 Å². The first-order valence-corrected chi connectivity index (χ1v) is 6.76. The maximum atomic E-state index is 6.16. The van der Waals surface area contributed by atoms with Gasteiger partial charge < -0.3 is 10.3 Å². The first-order valence-electron chi connectivity index (χ1n) is 6.76. The van der Waals surface area contributed by atoms with Crippen LogP contribution in [0.2, 0.25) is 0 Å². The fraction of sp³-hybridized carbons (Fsp3) is 0.333. The van der Waals surface area contributed by atoms with Gasteiger partial charge in [-0.2, -0.15) is 4.98 Å². The maximum absolute atomic E-state index is 6.16. The molecule has 0 saturated carbocycles. The van der Waals surface area contributed by atoms with Crippen LogP contribution in [0.1, 0.15) is 32.6 Å². The van der Waals surface area contributed by atoms with Crippen LogP contribution >= 0.6 is 0 Å². The van der Waals surface area contributed by atoms with Crippen molar-refractivity contribution in [2.75, 3.05) is 0 Å². The standard InChI is InChI=1S/C15H17N5O/c1-15(2,3)12(16)13-19-14(21-20-13)9-5-4-6-10-11(9)18-8-7-17-10/h4-8,12H,16H2,1-3H3. The van der Waals surface area contributed by atoms with Gasteiger partial charge in [-0.1, -0.05) is 32.0 Å². The molecule has 6 nitrogen and oxygen atoms in total. The highest BCUT2D eigenvalue weighted by molar-refractivity contribution is 5.88. The van der Waals surface area contributed by atoms with Crippen molar-refractivity contribution in [1.82, 2.24) is 20.1 Å². The fourth-order valence-corrected chi connectivity index (χ4v) is 2.02. The van der Waals surface area contributed by atoms with Gasteiger partial charge in [0, 0.05) is 12.4 Å². The second kappa shape index (κ2) is 4.89. The fourth-order valence-electron chi connectivity index (χ4n) is 2.02. The van der Waals surface area contributed by atoms with Gasteiger partial charge in [0.15, 0.2) is 5.82 Å². The largest absolute Gasteiger partial charge is 0.334 e. The Hall–Kier alpha value is -2.34. The van der Waals surface area contributed by atoms with Gasteiger partial charge in [0.1, 0.15) is 5.52 Å². The average molecular weight is 283 g/mol. The summed E-state index contributed by atoms with van der Waals surface area (Å²) in [4.78, 5) is 13.0. The summed E-state index contributed by atoms with van der Waals surface area (Å²) in [5.74, 6) is 0.911. The van der Waals surface area contributed by atoms with Crippen molar-refractivity contribution >= 4 is 11.0 Å². The molecule has 0 bridgehead atoms. The molecule has 0 radical (unpaired) electrons. The Labute approximate surface area is 122 Å². The Morgan fingerprint density at radius 2 is 1.90 bits per heavy atom. The van der Waals surface area contributed by atoms with Gasteiger partial charge in [-0.3, -0.25) is 9.97 Å². The number of aromatic nitrogens is 4. The molecular weight excluding hydrogens is 266 g/mol. The SMILES string of the molecule is CC(C)(C)C(N)c1noc(-c2cccc3nccnc23)n1. The molecule has 108 valence electrons. The molecule has 21 heavy (non-hydrogen) atoms. The number of fused-ring (bicyclic) bond motifs is 1. The second-order valence-electron chi connectivity index (χ2n) is 6.03. The zero-order valence-corrected chi connectivity index (χ0v) is 12.2. The molecule has 0 aliphatic heterocycles. The quantitative estimate of drug-likeness (QED) is 0.777. The molecule has 2 aromatic heterocycles. The molecule has 1 aromatic carbocycles. The molecular formula is C15H17N5O. The first kappa shape index (κ1) is 13.6. The van der Waals surface area contributed by atoms with Crippen LogP contribution in [0, 0.1) is 5.41 Å². The number of hydrogen-bond acceptors (Lipinski definition) is 6. The van der Waals surface area contributed by atoms with E-state index < -0.39 is 0 Å². The zero-order valence-electron chi connectivity index (χ0n) is 12.2. The van der Waals surface area contributed by atoms with E-state index in [9.17, 15) is 0 Å². The van der Waals surface area contributed by atoms with E-state index in [1.54, 1.807) is 12.4 Å². The molecule has 0 fully saturated rings. The van der Waals surface area contributed by atoms with E-state index >= 15 is 0 Å². The van der Waals surface area contributed by atoms with Gasteiger partial charge in [-0.25, -0.2) is 0 Å². The van der Waals surface area contributed by atoms with E-state index in [0.29, 0.717) is 11.7 Å². The third kappa shape index (κ3) is 2.50. The van der Waals surface area contributed by atoms with Crippen LogP contribution < -0.4 is 5.73 Å². The smallest absolute Gasteiger partial charge is 0.260 e. The monoisotopic (exact) mass is 283 g/mol. The van der Waals surface area contributed by atoms with Crippen molar-refractivity contribution < 1.29 is 4.52 Å². The summed E-state index contributed by atoms with van der Waals surface area (Å²) in [5, 5.41) is 4.01. The van der Waals surface area contributed by atoms with Gasteiger partial charge in [-0.05, 0) is 17.5 Å². The van der Waals surface area contributed by atoms with E-state index in [4.69, 9.17) is 10.3 Å². The predicted molar refractivity (Wildman–Crippen MR) is 79.2 cm³/mol. The van der Waals surface area contributed by atoms with Crippen LogP contribution in [-0.2, 0) is 0 Å². The van der Waals surface area contributed by atoms with Crippen LogP contribution in [0.5, 0.6) is 0 Å². The second-order valence-corrected chi connectivity index (χ2v) is 6.03. The highest BCUT2D eigenvalue weighted by Crippen LogP contribution is 2.31. The first-order chi connectivity index (χ1) is 9.97. The number of hydrogen-bond donors (Lipinski definition) is 1. The summed E-state index contributed by atoms with van der Waals surface area (Å²) in [6, 6.07) is 5.37. The van der Waals surface area contributed by atoms with Crippen molar-refractivity contribution in [2.24, 2.45) is 11.1 Å². The van der Waals surface area contributed by atoms with Crippen molar-refractivity contribution in [1.29, 1.82) is 0 Å². The number of nitrogens with zero attached hydrogens (tertiary/aromatic N) is 4. The minimum atomic E-state index is -0.295. The third-order valence-corrected chi connectivity index (χ3v) is 3.38. The summed E-state index contributed by atoms with van der Waals surface area (Å²) >= 11 is 0. The lowest BCUT2D eigenvalue weighted by Gasteiger charge is -2.23. The maximum Gasteiger partial charge on any atom is 0.260 e. The Morgan fingerprint density at radius 1 is 1.14 bits per heavy atom. The van der Waals surface area contributed by atoms with Gasteiger partial charge in [0.2, 0.25) is 0 Å². The summed E-state index contributed by atoms with van der Waals surface area (Å²) in [5.41, 5.74) is 8.31. The Bertz CT molecular complexity index is 770. The lowest BCUT2D eigenvalue weighted by Crippen LogP contribution is -2.27. The molecule has 3 aromatic rings. The zero-order chi connectivity index (χ0) is 15.0. The molecule has 6 heteroatoms. The van der Waals surface area contributed by atoms with Crippen LogP contribution in [0.3, 0.4) is 0 Å². The van der Waals surface area contributed by atoms with Crippen molar-refractivity contribution in [3.05, 3.63) is 36.4 Å². The molecule has 0 saturated heterocycles. The van der Waals surface area contributed by atoms with E-state index in [2.05, 4.69) is 20.1 Å². The molecule has 0 spiro atoms. The third-order valence-electron chi connectivity index (χ3n) is 3.38. The van der Waals surface area contributed by atoms with Gasteiger partial charge in [-0.15, -0.1) is 0 Å². The van der Waals surface area contributed by atoms with E-state index in [1.807, 2.05) is 39.0 Å². The molecule has 0 aliphatic rings. The number of rotatable bonds is 2. The van der Waals surface area contributed by atoms with E-state index in [-0.39, 0.29) is 11.5 Å². The number of nitrogens with two attached hydrogens (primary N) is 1. The average Bonchev–Trinajstić information content (AvgIpc) is 2.94. The van der Waals surface area contributed by atoms with Crippen molar-refractivity contribution in [2.45, 2.75) is 26.8 Å². The number of benzene rings is 1. The summed E-state index contributed by atoms with van der Waals surface area (Å²) < 4.78 is 5.37. The Morgan fingerprint density at radius 3 is 2.67 bits per heavy atom. The highest BCUT2D eigenvalue weighted by atomic mass is 16.5. The molecule has 3 rings (SSSR count). The van der Waals surface area contributed by atoms with Crippen molar-refractivity contribution in [3.8, 4) is 11.5 Å². The summed E-state index contributed by atoms with van der Waals surface area (Å²) in [6.07, 6.45) is 3.30.